The molecule has 1 amide bonds. The number of rotatable bonds is 3. The molecule has 0 radical (unpaired) electrons. The molecule has 0 saturated carbocycles. The third kappa shape index (κ3) is 3.63. The van der Waals surface area contributed by atoms with Gasteiger partial charge in [-0.25, -0.2) is 0 Å². The lowest BCUT2D eigenvalue weighted by molar-refractivity contribution is -0.113. The largest absolute Gasteiger partial charge is 0.350 e. The fraction of sp³-hybridized carbons (Fsp3) is 0.125. The molecule has 3 N–H and O–H groups in total. The van der Waals surface area contributed by atoms with Gasteiger partial charge in [0.2, 0.25) is 0 Å². The molecule has 0 spiro atoms. The SMILES string of the molecule is CC1=C(C(=O)Nc2ccccc2)C(c2cc(Br)cs2)NC(=S)N1. The molecule has 4 nitrogen and oxygen atoms in total. The van der Waals surface area contributed by atoms with Crippen molar-refractivity contribution in [1.29, 1.82) is 0 Å². The molecule has 118 valence electrons. The topological polar surface area (TPSA) is 53.2 Å². The highest BCUT2D eigenvalue weighted by Gasteiger charge is 2.30. The molecule has 1 unspecified atom stereocenters. The lowest BCUT2D eigenvalue weighted by atomic mass is 10.0. The molecule has 1 aromatic carbocycles. The lowest BCUT2D eigenvalue weighted by Crippen LogP contribution is -2.45. The highest BCUT2D eigenvalue weighted by Crippen LogP contribution is 2.33. The number of anilines is 1. The number of allylic oxidation sites excluding steroid dienone is 1. The number of amides is 1. The summed E-state index contributed by atoms with van der Waals surface area (Å²) >= 11 is 10.3. The summed E-state index contributed by atoms with van der Waals surface area (Å²) in [5.74, 6) is -0.147. The van der Waals surface area contributed by atoms with Crippen LogP contribution in [0.1, 0.15) is 17.8 Å². The Kier molecular flexibility index (Phi) is 4.79. The Hall–Kier alpha value is -1.70. The Morgan fingerprint density at radius 2 is 2.09 bits per heavy atom. The normalized spacial score (nSPS) is 17.5. The van der Waals surface area contributed by atoms with E-state index in [0.29, 0.717) is 10.7 Å². The summed E-state index contributed by atoms with van der Waals surface area (Å²) in [5, 5.41) is 11.7. The van der Waals surface area contributed by atoms with Crippen LogP contribution in [0, 0.1) is 0 Å². The van der Waals surface area contributed by atoms with Gasteiger partial charge in [0.05, 0.1) is 11.6 Å². The number of thiocarbonyl (C=S) groups is 1. The van der Waals surface area contributed by atoms with E-state index in [0.717, 1.165) is 20.7 Å². The van der Waals surface area contributed by atoms with Crippen molar-refractivity contribution in [3.05, 3.63) is 62.4 Å². The van der Waals surface area contributed by atoms with E-state index in [1.165, 1.54) is 0 Å². The molecule has 0 fully saturated rings. The predicted molar refractivity (Wildman–Crippen MR) is 101 cm³/mol. The molecule has 0 bridgehead atoms. The number of hydrogen-bond donors (Lipinski definition) is 3. The molecular formula is C16H14BrN3OS2. The van der Waals surface area contributed by atoms with Gasteiger partial charge >= 0.3 is 0 Å². The van der Waals surface area contributed by atoms with Gasteiger partial charge in [0.15, 0.2) is 5.11 Å². The monoisotopic (exact) mass is 407 g/mol. The van der Waals surface area contributed by atoms with E-state index in [1.54, 1.807) is 11.3 Å². The van der Waals surface area contributed by atoms with Crippen molar-refractivity contribution in [2.24, 2.45) is 0 Å². The number of thiophene rings is 1. The number of para-hydroxylation sites is 1. The first kappa shape index (κ1) is 16.2. The quantitative estimate of drug-likeness (QED) is 0.674. The summed E-state index contributed by atoms with van der Waals surface area (Å²) in [5.41, 5.74) is 2.16. The van der Waals surface area contributed by atoms with Crippen LogP contribution in [0.4, 0.5) is 5.69 Å². The summed E-state index contributed by atoms with van der Waals surface area (Å²) in [6, 6.07) is 11.1. The molecule has 1 aliphatic heterocycles. The molecule has 1 aromatic heterocycles. The summed E-state index contributed by atoms with van der Waals surface area (Å²) in [7, 11) is 0. The minimum absolute atomic E-state index is 0.147. The van der Waals surface area contributed by atoms with Crippen LogP contribution in [0.3, 0.4) is 0 Å². The first-order valence-corrected chi connectivity index (χ1v) is 9.01. The van der Waals surface area contributed by atoms with Gasteiger partial charge in [0.1, 0.15) is 0 Å². The third-order valence-electron chi connectivity index (χ3n) is 3.42. The Balaban J connectivity index is 1.93. The van der Waals surface area contributed by atoms with Gasteiger partial charge in [-0.2, -0.15) is 0 Å². The molecule has 1 atom stereocenters. The van der Waals surface area contributed by atoms with E-state index < -0.39 is 0 Å². The van der Waals surface area contributed by atoms with Crippen molar-refractivity contribution in [2.75, 3.05) is 5.32 Å². The number of nitrogens with one attached hydrogen (secondary N) is 3. The Morgan fingerprint density at radius 3 is 2.74 bits per heavy atom. The van der Waals surface area contributed by atoms with E-state index in [2.05, 4.69) is 31.9 Å². The molecule has 2 heterocycles. The van der Waals surface area contributed by atoms with Gasteiger partial charge in [-0.3, -0.25) is 4.79 Å². The average molecular weight is 408 g/mol. The van der Waals surface area contributed by atoms with Gasteiger partial charge in [-0.05, 0) is 53.3 Å². The molecule has 7 heteroatoms. The van der Waals surface area contributed by atoms with Crippen LogP contribution in [0.2, 0.25) is 0 Å². The zero-order valence-corrected chi connectivity index (χ0v) is 15.4. The zero-order chi connectivity index (χ0) is 16.4. The first-order valence-electron chi connectivity index (χ1n) is 6.93. The van der Waals surface area contributed by atoms with Crippen LogP contribution in [0.5, 0.6) is 0 Å². The van der Waals surface area contributed by atoms with Crippen molar-refractivity contribution < 1.29 is 4.79 Å². The maximum absolute atomic E-state index is 12.8. The van der Waals surface area contributed by atoms with Crippen molar-refractivity contribution in [1.82, 2.24) is 10.6 Å². The molecule has 1 aliphatic rings. The molecule has 0 saturated heterocycles. The molecule has 23 heavy (non-hydrogen) atoms. The second-order valence-corrected chi connectivity index (χ2v) is 7.32. The molecule has 0 aliphatic carbocycles. The Morgan fingerprint density at radius 1 is 1.35 bits per heavy atom. The van der Waals surface area contributed by atoms with Crippen LogP contribution in [0.25, 0.3) is 0 Å². The summed E-state index contributed by atoms with van der Waals surface area (Å²) < 4.78 is 0.990. The predicted octanol–water partition coefficient (Wildman–Crippen LogP) is 3.94. The van der Waals surface area contributed by atoms with Gasteiger partial charge in [0.25, 0.3) is 5.91 Å². The third-order valence-corrected chi connectivity index (χ3v) is 5.40. The fourth-order valence-corrected chi connectivity index (χ4v) is 4.18. The highest BCUT2D eigenvalue weighted by molar-refractivity contribution is 9.10. The second-order valence-electron chi connectivity index (χ2n) is 5.06. The number of benzene rings is 1. The van der Waals surface area contributed by atoms with Crippen molar-refractivity contribution in [3.8, 4) is 0 Å². The maximum atomic E-state index is 12.8. The second kappa shape index (κ2) is 6.82. The van der Waals surface area contributed by atoms with Gasteiger partial charge in [-0.15, -0.1) is 11.3 Å². The van der Waals surface area contributed by atoms with Crippen molar-refractivity contribution in [3.63, 3.8) is 0 Å². The minimum atomic E-state index is -0.260. The Labute approximate surface area is 152 Å². The van der Waals surface area contributed by atoms with E-state index in [-0.39, 0.29) is 11.9 Å². The molecule has 2 aromatic rings. The first-order chi connectivity index (χ1) is 11.0. The fourth-order valence-electron chi connectivity index (χ4n) is 2.41. The van der Waals surface area contributed by atoms with E-state index in [4.69, 9.17) is 12.2 Å². The molecule has 3 rings (SSSR count). The standard InChI is InChI=1S/C16H14BrN3OS2/c1-9-13(15(21)19-11-5-3-2-4-6-11)14(20-16(22)18-9)12-7-10(17)8-23-12/h2-8,14H,1H3,(H,19,21)(H2,18,20,22). The van der Waals surface area contributed by atoms with Crippen LogP contribution in [-0.4, -0.2) is 11.0 Å². The van der Waals surface area contributed by atoms with Gasteiger partial charge in [0, 0.05) is 26.1 Å². The number of carbonyl (C=O) groups excluding carboxylic acids is 1. The van der Waals surface area contributed by atoms with Crippen LogP contribution >= 0.6 is 39.5 Å². The smallest absolute Gasteiger partial charge is 0.255 e. The number of hydrogen-bond acceptors (Lipinski definition) is 3. The van der Waals surface area contributed by atoms with Gasteiger partial charge < -0.3 is 16.0 Å². The van der Waals surface area contributed by atoms with E-state index in [1.807, 2.05) is 48.7 Å². The van der Waals surface area contributed by atoms with Crippen LogP contribution in [0.15, 0.2) is 57.5 Å². The highest BCUT2D eigenvalue weighted by atomic mass is 79.9. The summed E-state index contributed by atoms with van der Waals surface area (Å²) in [6.45, 7) is 1.86. The minimum Gasteiger partial charge on any atom is -0.350 e. The number of halogens is 1. The van der Waals surface area contributed by atoms with E-state index >= 15 is 0 Å². The molecular weight excluding hydrogens is 394 g/mol. The van der Waals surface area contributed by atoms with Crippen LogP contribution in [-0.2, 0) is 4.79 Å². The number of carbonyl (C=O) groups is 1. The van der Waals surface area contributed by atoms with Crippen molar-refractivity contribution >= 4 is 56.2 Å². The van der Waals surface area contributed by atoms with Gasteiger partial charge in [-0.1, -0.05) is 18.2 Å². The zero-order valence-electron chi connectivity index (χ0n) is 12.2. The average Bonchev–Trinajstić information content (AvgIpc) is 2.93. The Bertz CT molecular complexity index is 786. The van der Waals surface area contributed by atoms with Crippen molar-refractivity contribution in [2.45, 2.75) is 13.0 Å². The maximum Gasteiger partial charge on any atom is 0.255 e. The van der Waals surface area contributed by atoms with E-state index in [9.17, 15) is 4.79 Å². The van der Waals surface area contributed by atoms with Crippen LogP contribution < -0.4 is 16.0 Å². The summed E-state index contributed by atoms with van der Waals surface area (Å²) in [6.07, 6.45) is 0. The summed E-state index contributed by atoms with van der Waals surface area (Å²) in [4.78, 5) is 13.8. The lowest BCUT2D eigenvalue weighted by Gasteiger charge is -2.29.